The van der Waals surface area contributed by atoms with Crippen molar-refractivity contribution in [2.75, 3.05) is 6.61 Å². The number of rotatable bonds is 20. The van der Waals surface area contributed by atoms with Gasteiger partial charge in [-0.3, -0.25) is 19.2 Å². The molecule has 0 amide bonds. The van der Waals surface area contributed by atoms with Gasteiger partial charge in [0.2, 0.25) is 0 Å². The van der Waals surface area contributed by atoms with E-state index in [2.05, 4.69) is 0 Å². The van der Waals surface area contributed by atoms with E-state index in [1.54, 1.807) is 27.7 Å². The number of ether oxygens (including phenoxy) is 5. The lowest BCUT2D eigenvalue weighted by Gasteiger charge is -2.35. The van der Waals surface area contributed by atoms with Crippen LogP contribution in [0.15, 0.2) is 36.1 Å². The molecule has 0 aliphatic carbocycles. The summed E-state index contributed by atoms with van der Waals surface area (Å²) in [5, 5.41) is 20.8. The molecule has 2 N–H and O–H groups in total. The van der Waals surface area contributed by atoms with E-state index in [-0.39, 0.29) is 42.8 Å². The van der Waals surface area contributed by atoms with Gasteiger partial charge in [-0.2, -0.15) is 0 Å². The molecular formula is C31H44O12. The summed E-state index contributed by atoms with van der Waals surface area (Å²) in [4.78, 5) is 62.3. The molecule has 43 heavy (non-hydrogen) atoms. The van der Waals surface area contributed by atoms with Crippen LogP contribution in [-0.4, -0.2) is 71.1 Å². The van der Waals surface area contributed by atoms with Crippen molar-refractivity contribution in [2.24, 2.45) is 0 Å². The number of hydrogen-bond acceptors (Lipinski definition) is 11. The molecular weight excluding hydrogens is 564 g/mol. The molecule has 0 aliphatic heterocycles. The first-order valence-electron chi connectivity index (χ1n) is 14.6. The van der Waals surface area contributed by atoms with Crippen molar-refractivity contribution < 1.29 is 57.9 Å². The molecule has 240 valence electrons. The molecule has 12 heteroatoms. The Morgan fingerprint density at radius 2 is 1.23 bits per heavy atom. The maximum atomic E-state index is 12.9. The third kappa shape index (κ3) is 12.9. The third-order valence-corrected chi connectivity index (χ3v) is 5.94. The molecule has 0 bridgehead atoms. The fourth-order valence-electron chi connectivity index (χ4n) is 3.88. The largest absolute Gasteiger partial charge is 0.478 e. The second kappa shape index (κ2) is 20.1. The van der Waals surface area contributed by atoms with Crippen LogP contribution in [0.1, 0.15) is 96.3 Å². The average Bonchev–Trinajstić information content (AvgIpc) is 2.96. The predicted octanol–water partition coefficient (Wildman–Crippen LogP) is 4.51. The van der Waals surface area contributed by atoms with E-state index < -0.39 is 60.9 Å². The Morgan fingerprint density at radius 3 is 1.74 bits per heavy atom. The summed E-state index contributed by atoms with van der Waals surface area (Å²) < 4.78 is 28.1. The van der Waals surface area contributed by atoms with Gasteiger partial charge in [0.05, 0.1) is 0 Å². The van der Waals surface area contributed by atoms with Crippen molar-refractivity contribution in [3.05, 3.63) is 41.7 Å². The van der Waals surface area contributed by atoms with Gasteiger partial charge in [-0.15, -0.1) is 0 Å². The molecule has 0 heterocycles. The van der Waals surface area contributed by atoms with Gasteiger partial charge in [0, 0.05) is 25.7 Å². The standard InChI is InChI=1S/C31H44O12/c1-6-13-24(33)39-19-21(32)28(41-25(34)14-7-2)30(43-27(36)16-9-4)29(42-26(35)15-8-3)22(10-5)40-23-18-12-11-17-20(23)31(37)38/h10-12,17-18,21,28-30,32H,6-9,13-16,19H2,1-5H3,(H,37,38)/b22-10-/t21-,28-,29+,30+/m1/s1. The lowest BCUT2D eigenvalue weighted by Crippen LogP contribution is -2.53. The quantitative estimate of drug-likeness (QED) is 0.121. The Bertz CT molecular complexity index is 1100. The number of aliphatic hydroxyl groups excluding tert-OH is 1. The zero-order valence-corrected chi connectivity index (χ0v) is 25.5. The number of carboxylic acids is 1. The van der Waals surface area contributed by atoms with Crippen molar-refractivity contribution in [2.45, 2.75) is 110 Å². The highest BCUT2D eigenvalue weighted by molar-refractivity contribution is 5.90. The molecule has 4 atom stereocenters. The minimum Gasteiger partial charge on any atom is -0.478 e. The summed E-state index contributed by atoms with van der Waals surface area (Å²) in [6.07, 6.45) is -3.66. The van der Waals surface area contributed by atoms with E-state index in [0.29, 0.717) is 25.7 Å². The summed E-state index contributed by atoms with van der Waals surface area (Å²) in [6.45, 7) is 7.89. The van der Waals surface area contributed by atoms with Crippen LogP contribution in [0.3, 0.4) is 0 Å². The minimum atomic E-state index is -1.71. The van der Waals surface area contributed by atoms with Crippen LogP contribution in [0.2, 0.25) is 0 Å². The molecule has 1 rings (SSSR count). The number of aromatic carboxylic acids is 1. The number of carboxylic acid groups (broad SMARTS) is 1. The molecule has 12 nitrogen and oxygen atoms in total. The molecule has 0 saturated carbocycles. The fourth-order valence-corrected chi connectivity index (χ4v) is 3.88. The number of benzene rings is 1. The molecule has 0 aliphatic rings. The van der Waals surface area contributed by atoms with E-state index >= 15 is 0 Å². The Kier molecular flexibility index (Phi) is 17.3. The predicted molar refractivity (Wildman–Crippen MR) is 154 cm³/mol. The van der Waals surface area contributed by atoms with Crippen LogP contribution in [-0.2, 0) is 38.1 Å². The summed E-state index contributed by atoms with van der Waals surface area (Å²) in [5.74, 6) is -4.37. The van der Waals surface area contributed by atoms with Crippen molar-refractivity contribution >= 4 is 29.8 Å². The number of esters is 4. The van der Waals surface area contributed by atoms with Crippen LogP contribution in [0.25, 0.3) is 0 Å². The molecule has 0 saturated heterocycles. The van der Waals surface area contributed by atoms with E-state index in [9.17, 15) is 34.2 Å². The highest BCUT2D eigenvalue weighted by Crippen LogP contribution is 2.28. The topological polar surface area (TPSA) is 172 Å². The minimum absolute atomic E-state index is 0.0354. The SMILES string of the molecule is C/C=C(\Oc1ccccc1C(=O)O)[C@H](OC(=O)CCC)[C@@H](OC(=O)CCC)[C@H](OC(=O)CCC)[C@H](O)COC(=O)CCC. The van der Waals surface area contributed by atoms with Crippen molar-refractivity contribution in [1.82, 2.24) is 0 Å². The number of hydrogen-bond donors (Lipinski definition) is 2. The molecule has 0 aromatic heterocycles. The summed E-state index contributed by atoms with van der Waals surface area (Å²) in [6, 6.07) is 5.73. The molecule has 0 spiro atoms. The van der Waals surface area contributed by atoms with Gasteiger partial charge in [-0.25, -0.2) is 4.79 Å². The zero-order chi connectivity index (χ0) is 32.4. The average molecular weight is 609 g/mol. The molecule has 1 aromatic carbocycles. The Morgan fingerprint density at radius 1 is 0.744 bits per heavy atom. The third-order valence-electron chi connectivity index (χ3n) is 5.94. The molecule has 0 unspecified atom stereocenters. The number of carbonyl (C=O) groups is 5. The highest BCUT2D eigenvalue weighted by Gasteiger charge is 2.45. The second-order valence-corrected chi connectivity index (χ2v) is 9.66. The van der Waals surface area contributed by atoms with Gasteiger partial charge >= 0.3 is 29.8 Å². The van der Waals surface area contributed by atoms with Gasteiger partial charge in [0.1, 0.15) is 29.8 Å². The monoisotopic (exact) mass is 608 g/mol. The summed E-state index contributed by atoms with van der Waals surface area (Å²) >= 11 is 0. The maximum absolute atomic E-state index is 12.9. The number of para-hydroxylation sites is 1. The van der Waals surface area contributed by atoms with E-state index in [1.807, 2.05) is 0 Å². The van der Waals surface area contributed by atoms with E-state index in [1.165, 1.54) is 37.3 Å². The Balaban J connectivity index is 3.74. The normalized spacial score (nSPS) is 14.0. The first kappa shape index (κ1) is 37.1. The van der Waals surface area contributed by atoms with Crippen molar-refractivity contribution in [3.8, 4) is 5.75 Å². The van der Waals surface area contributed by atoms with Gasteiger partial charge in [-0.1, -0.05) is 39.8 Å². The van der Waals surface area contributed by atoms with Crippen LogP contribution < -0.4 is 4.74 Å². The maximum Gasteiger partial charge on any atom is 0.339 e. The molecule has 1 aromatic rings. The number of aliphatic hydroxyl groups is 1. The molecule has 0 fully saturated rings. The first-order valence-corrected chi connectivity index (χ1v) is 14.6. The zero-order valence-electron chi connectivity index (χ0n) is 25.5. The van der Waals surface area contributed by atoms with Crippen molar-refractivity contribution in [3.63, 3.8) is 0 Å². The lowest BCUT2D eigenvalue weighted by atomic mass is 10.00. The van der Waals surface area contributed by atoms with Crippen LogP contribution in [0, 0.1) is 0 Å². The number of carbonyl (C=O) groups excluding carboxylic acids is 4. The summed E-state index contributed by atoms with van der Waals surface area (Å²) in [7, 11) is 0. The van der Waals surface area contributed by atoms with E-state index in [0.717, 1.165) is 0 Å². The Hall–Kier alpha value is -3.93. The number of allylic oxidation sites excluding steroid dienone is 1. The second-order valence-electron chi connectivity index (χ2n) is 9.66. The van der Waals surface area contributed by atoms with Crippen molar-refractivity contribution in [1.29, 1.82) is 0 Å². The molecule has 0 radical (unpaired) electrons. The smallest absolute Gasteiger partial charge is 0.339 e. The van der Waals surface area contributed by atoms with Crippen LogP contribution in [0.4, 0.5) is 0 Å². The van der Waals surface area contributed by atoms with Gasteiger partial charge in [-0.05, 0) is 50.8 Å². The van der Waals surface area contributed by atoms with Gasteiger partial charge in [0.25, 0.3) is 0 Å². The van der Waals surface area contributed by atoms with E-state index in [4.69, 9.17) is 23.7 Å². The van der Waals surface area contributed by atoms with Gasteiger partial charge < -0.3 is 33.9 Å². The fraction of sp³-hybridized carbons (Fsp3) is 0.581. The summed E-state index contributed by atoms with van der Waals surface area (Å²) in [5.41, 5.74) is -0.200. The Labute approximate surface area is 252 Å². The highest BCUT2D eigenvalue weighted by atomic mass is 16.6. The van der Waals surface area contributed by atoms with Gasteiger partial charge in [0.15, 0.2) is 18.3 Å². The van der Waals surface area contributed by atoms with Crippen LogP contribution >= 0.6 is 0 Å². The first-order chi connectivity index (χ1) is 20.5. The lowest BCUT2D eigenvalue weighted by molar-refractivity contribution is -0.197. The van der Waals surface area contributed by atoms with Crippen LogP contribution in [0.5, 0.6) is 5.75 Å².